The smallest absolute Gasteiger partial charge is 0.153 e. The molecule has 0 radical (unpaired) electrons. The average molecular weight is 290 g/mol. The third kappa shape index (κ3) is 2.25. The van der Waals surface area contributed by atoms with Crippen molar-refractivity contribution in [3.63, 3.8) is 0 Å². The number of hydrogen-bond donors (Lipinski definition) is 2. The maximum Gasteiger partial charge on any atom is 0.153 e. The lowest BCUT2D eigenvalue weighted by molar-refractivity contribution is 1.11. The zero-order chi connectivity index (χ0) is 13.4. The van der Waals surface area contributed by atoms with Crippen LogP contribution in [-0.4, -0.2) is 10.2 Å². The van der Waals surface area contributed by atoms with Gasteiger partial charge in [-0.1, -0.05) is 41.4 Å². The molecule has 0 aliphatic rings. The number of nitrogens with two attached hydrogens (primary N) is 1. The minimum absolute atomic E-state index is 0.505. The quantitative estimate of drug-likeness (QED) is 0.737. The molecule has 0 unspecified atom stereocenters. The van der Waals surface area contributed by atoms with E-state index in [0.29, 0.717) is 5.82 Å². The summed E-state index contributed by atoms with van der Waals surface area (Å²) in [5, 5.41) is 7.12. The van der Waals surface area contributed by atoms with Gasteiger partial charge in [0.2, 0.25) is 0 Å². The van der Waals surface area contributed by atoms with Gasteiger partial charge in [0.15, 0.2) is 5.82 Å². The SMILES string of the molecule is Cc1cccc(-c2c(N)n[nH]c2-c2ccc(Cl)s2)c1. The summed E-state index contributed by atoms with van der Waals surface area (Å²) in [4.78, 5) is 1.03. The zero-order valence-corrected chi connectivity index (χ0v) is 11.8. The van der Waals surface area contributed by atoms with Crippen LogP contribution in [0.15, 0.2) is 36.4 Å². The topological polar surface area (TPSA) is 54.7 Å². The van der Waals surface area contributed by atoms with Gasteiger partial charge >= 0.3 is 0 Å². The first-order chi connectivity index (χ1) is 9.15. The number of halogens is 1. The van der Waals surface area contributed by atoms with Crippen LogP contribution in [0.25, 0.3) is 21.7 Å². The number of aromatic amines is 1. The zero-order valence-electron chi connectivity index (χ0n) is 10.3. The molecule has 3 aromatic rings. The van der Waals surface area contributed by atoms with Crippen LogP contribution >= 0.6 is 22.9 Å². The number of thiophene rings is 1. The molecule has 0 saturated heterocycles. The fraction of sp³-hybridized carbons (Fsp3) is 0.0714. The molecule has 0 atom stereocenters. The Hall–Kier alpha value is -1.78. The molecule has 0 spiro atoms. The lowest BCUT2D eigenvalue weighted by atomic mass is 10.0. The van der Waals surface area contributed by atoms with Gasteiger partial charge in [-0.05, 0) is 24.6 Å². The van der Waals surface area contributed by atoms with Crippen LogP contribution in [0.1, 0.15) is 5.56 Å². The van der Waals surface area contributed by atoms with E-state index in [1.165, 1.54) is 16.9 Å². The highest BCUT2D eigenvalue weighted by atomic mass is 35.5. The number of nitrogen functional groups attached to an aromatic ring is 1. The van der Waals surface area contributed by atoms with Gasteiger partial charge in [-0.15, -0.1) is 11.3 Å². The third-order valence-corrected chi connectivity index (χ3v) is 4.17. The summed E-state index contributed by atoms with van der Waals surface area (Å²) >= 11 is 7.50. The van der Waals surface area contributed by atoms with Crippen molar-refractivity contribution in [2.45, 2.75) is 6.92 Å². The van der Waals surface area contributed by atoms with Crippen molar-refractivity contribution in [2.24, 2.45) is 0 Å². The molecular weight excluding hydrogens is 278 g/mol. The summed E-state index contributed by atoms with van der Waals surface area (Å²) < 4.78 is 0.748. The number of nitrogens with one attached hydrogen (secondary N) is 1. The average Bonchev–Trinajstić information content (AvgIpc) is 2.95. The van der Waals surface area contributed by atoms with Gasteiger partial charge in [-0.25, -0.2) is 0 Å². The molecule has 0 saturated carbocycles. The third-order valence-electron chi connectivity index (χ3n) is 2.92. The van der Waals surface area contributed by atoms with E-state index in [1.807, 2.05) is 24.3 Å². The minimum atomic E-state index is 0.505. The van der Waals surface area contributed by atoms with Gasteiger partial charge in [0.25, 0.3) is 0 Å². The normalized spacial score (nSPS) is 10.8. The number of H-pyrrole nitrogens is 1. The van der Waals surface area contributed by atoms with Crippen molar-refractivity contribution in [1.82, 2.24) is 10.2 Å². The number of rotatable bonds is 2. The number of benzene rings is 1. The van der Waals surface area contributed by atoms with Crippen LogP contribution in [0.2, 0.25) is 4.34 Å². The van der Waals surface area contributed by atoms with Crippen LogP contribution in [0.5, 0.6) is 0 Å². The Balaban J connectivity index is 2.19. The molecule has 1 aromatic carbocycles. The van der Waals surface area contributed by atoms with Gasteiger partial charge in [-0.3, -0.25) is 5.10 Å². The predicted octanol–water partition coefficient (Wildman–Crippen LogP) is 4.35. The Kier molecular flexibility index (Phi) is 3.05. The van der Waals surface area contributed by atoms with Gasteiger partial charge in [0.05, 0.1) is 20.5 Å². The maximum atomic E-state index is 6.00. The molecule has 2 heterocycles. The molecule has 0 fully saturated rings. The molecule has 0 aliphatic heterocycles. The van der Waals surface area contributed by atoms with Crippen molar-refractivity contribution in [1.29, 1.82) is 0 Å². The fourth-order valence-corrected chi connectivity index (χ4v) is 3.12. The van der Waals surface area contributed by atoms with E-state index in [1.54, 1.807) is 0 Å². The monoisotopic (exact) mass is 289 g/mol. The second kappa shape index (κ2) is 4.72. The summed E-state index contributed by atoms with van der Waals surface area (Å²) in [7, 11) is 0. The summed E-state index contributed by atoms with van der Waals surface area (Å²) in [6, 6.07) is 12.1. The number of anilines is 1. The van der Waals surface area contributed by atoms with Crippen LogP contribution < -0.4 is 5.73 Å². The highest BCUT2D eigenvalue weighted by Crippen LogP contribution is 2.38. The van der Waals surface area contributed by atoms with Crippen molar-refractivity contribution in [3.05, 3.63) is 46.3 Å². The predicted molar refractivity (Wildman–Crippen MR) is 81.5 cm³/mol. The van der Waals surface area contributed by atoms with Crippen LogP contribution in [0.4, 0.5) is 5.82 Å². The van der Waals surface area contributed by atoms with Gasteiger partial charge in [-0.2, -0.15) is 5.10 Å². The second-order valence-electron chi connectivity index (χ2n) is 4.33. The summed E-state index contributed by atoms with van der Waals surface area (Å²) in [5.74, 6) is 0.505. The summed E-state index contributed by atoms with van der Waals surface area (Å²) in [5.41, 5.74) is 10.1. The van der Waals surface area contributed by atoms with E-state index >= 15 is 0 Å². The molecular formula is C14H12ClN3S. The highest BCUT2D eigenvalue weighted by Gasteiger charge is 2.16. The Labute approximate surface area is 120 Å². The number of aryl methyl sites for hydroxylation is 1. The molecule has 19 heavy (non-hydrogen) atoms. The van der Waals surface area contributed by atoms with Crippen molar-refractivity contribution in [2.75, 3.05) is 5.73 Å². The van der Waals surface area contributed by atoms with E-state index in [4.69, 9.17) is 17.3 Å². The largest absolute Gasteiger partial charge is 0.382 e. The first-order valence-corrected chi connectivity index (χ1v) is 7.01. The molecule has 0 bridgehead atoms. The van der Waals surface area contributed by atoms with E-state index < -0.39 is 0 Å². The Morgan fingerprint density at radius 2 is 2.11 bits per heavy atom. The van der Waals surface area contributed by atoms with E-state index in [2.05, 4.69) is 29.3 Å². The Bertz CT molecular complexity index is 730. The molecule has 3 nitrogen and oxygen atoms in total. The first kappa shape index (κ1) is 12.3. The van der Waals surface area contributed by atoms with E-state index in [9.17, 15) is 0 Å². The minimum Gasteiger partial charge on any atom is -0.382 e. The number of aromatic nitrogens is 2. The number of hydrogen-bond acceptors (Lipinski definition) is 3. The molecule has 3 rings (SSSR count). The van der Waals surface area contributed by atoms with Crippen LogP contribution in [0.3, 0.4) is 0 Å². The van der Waals surface area contributed by atoms with Gasteiger partial charge in [0.1, 0.15) is 0 Å². The van der Waals surface area contributed by atoms with Crippen LogP contribution in [0, 0.1) is 6.92 Å². The Morgan fingerprint density at radius 1 is 1.26 bits per heavy atom. The summed E-state index contributed by atoms with van der Waals surface area (Å²) in [6.07, 6.45) is 0. The molecule has 3 N–H and O–H groups in total. The molecule has 0 amide bonds. The van der Waals surface area contributed by atoms with Crippen LogP contribution in [-0.2, 0) is 0 Å². The van der Waals surface area contributed by atoms with Crippen molar-refractivity contribution >= 4 is 28.8 Å². The number of nitrogens with zero attached hydrogens (tertiary/aromatic N) is 1. The van der Waals surface area contributed by atoms with Crippen molar-refractivity contribution < 1.29 is 0 Å². The van der Waals surface area contributed by atoms with Crippen molar-refractivity contribution in [3.8, 4) is 21.7 Å². The molecule has 2 aromatic heterocycles. The fourth-order valence-electron chi connectivity index (χ4n) is 2.08. The highest BCUT2D eigenvalue weighted by molar-refractivity contribution is 7.19. The second-order valence-corrected chi connectivity index (χ2v) is 6.05. The molecule has 0 aliphatic carbocycles. The lowest BCUT2D eigenvalue weighted by Gasteiger charge is -2.04. The first-order valence-electron chi connectivity index (χ1n) is 5.82. The Morgan fingerprint density at radius 3 is 2.79 bits per heavy atom. The maximum absolute atomic E-state index is 6.00. The van der Waals surface area contributed by atoms with Gasteiger partial charge < -0.3 is 5.73 Å². The van der Waals surface area contributed by atoms with E-state index in [0.717, 1.165) is 26.0 Å². The standard InChI is InChI=1S/C14H12ClN3S/c1-8-3-2-4-9(7-8)12-13(17-18-14(12)16)10-5-6-11(15)19-10/h2-7H,1H3,(H3,16,17,18). The van der Waals surface area contributed by atoms with E-state index in [-0.39, 0.29) is 0 Å². The lowest BCUT2D eigenvalue weighted by Crippen LogP contribution is -1.88. The molecule has 5 heteroatoms. The van der Waals surface area contributed by atoms with Gasteiger partial charge in [0, 0.05) is 0 Å². The molecule has 96 valence electrons. The summed E-state index contributed by atoms with van der Waals surface area (Å²) in [6.45, 7) is 2.06.